The number of para-hydroxylation sites is 1. The molecule has 16 heavy (non-hydrogen) atoms. The van der Waals surface area contributed by atoms with Crippen molar-refractivity contribution in [3.63, 3.8) is 0 Å². The fourth-order valence-corrected chi connectivity index (χ4v) is 2.17. The third-order valence-corrected chi connectivity index (χ3v) is 3.10. The number of rotatable bonds is 0. The zero-order chi connectivity index (χ0) is 11.3. The van der Waals surface area contributed by atoms with E-state index in [4.69, 9.17) is 0 Å². The number of aryl methyl sites for hydroxylation is 3. The van der Waals surface area contributed by atoms with E-state index in [1.54, 1.807) is 0 Å². The number of hydrogen-bond acceptors (Lipinski definition) is 2. The van der Waals surface area contributed by atoms with Crippen molar-refractivity contribution in [2.75, 3.05) is 0 Å². The summed E-state index contributed by atoms with van der Waals surface area (Å²) in [7, 11) is 0. The van der Waals surface area contributed by atoms with Gasteiger partial charge in [0.05, 0.1) is 11.2 Å². The maximum absolute atomic E-state index is 4.62. The highest BCUT2D eigenvalue weighted by Gasteiger charge is 2.10. The van der Waals surface area contributed by atoms with Gasteiger partial charge in [0.2, 0.25) is 0 Å². The SMILES string of the molecule is Cc1nc2c3ccccc3nc(C)n2c1C. The topological polar surface area (TPSA) is 30.2 Å². The first kappa shape index (κ1) is 9.33. The maximum atomic E-state index is 4.62. The first-order valence-corrected chi connectivity index (χ1v) is 5.39. The van der Waals surface area contributed by atoms with E-state index in [9.17, 15) is 0 Å². The van der Waals surface area contributed by atoms with E-state index in [0.717, 1.165) is 28.1 Å². The summed E-state index contributed by atoms with van der Waals surface area (Å²) in [6, 6.07) is 8.14. The van der Waals surface area contributed by atoms with Gasteiger partial charge < -0.3 is 0 Å². The Labute approximate surface area is 93.8 Å². The highest BCUT2D eigenvalue weighted by molar-refractivity contribution is 5.91. The summed E-state index contributed by atoms with van der Waals surface area (Å²) in [5, 5.41) is 1.12. The van der Waals surface area contributed by atoms with Crippen molar-refractivity contribution in [1.29, 1.82) is 0 Å². The van der Waals surface area contributed by atoms with E-state index in [2.05, 4.69) is 27.4 Å². The molecule has 3 aromatic rings. The van der Waals surface area contributed by atoms with Gasteiger partial charge >= 0.3 is 0 Å². The second-order valence-electron chi connectivity index (χ2n) is 4.12. The summed E-state index contributed by atoms with van der Waals surface area (Å²) in [6.45, 7) is 6.14. The zero-order valence-electron chi connectivity index (χ0n) is 9.65. The predicted octanol–water partition coefficient (Wildman–Crippen LogP) is 2.81. The lowest BCUT2D eigenvalue weighted by molar-refractivity contribution is 0.972. The van der Waals surface area contributed by atoms with Crippen LogP contribution >= 0.6 is 0 Å². The van der Waals surface area contributed by atoms with E-state index >= 15 is 0 Å². The fourth-order valence-electron chi connectivity index (χ4n) is 2.17. The highest BCUT2D eigenvalue weighted by atomic mass is 15.1. The summed E-state index contributed by atoms with van der Waals surface area (Å²) in [4.78, 5) is 9.23. The van der Waals surface area contributed by atoms with Crippen LogP contribution in [0, 0.1) is 20.8 Å². The van der Waals surface area contributed by atoms with Crippen LogP contribution in [0.1, 0.15) is 17.2 Å². The van der Waals surface area contributed by atoms with Gasteiger partial charge in [-0.15, -0.1) is 0 Å². The van der Waals surface area contributed by atoms with Crippen LogP contribution in [0.4, 0.5) is 0 Å². The molecule has 3 heteroatoms. The molecule has 2 aromatic heterocycles. The molecule has 80 valence electrons. The third-order valence-electron chi connectivity index (χ3n) is 3.10. The molecule has 0 amide bonds. The molecule has 0 saturated carbocycles. The van der Waals surface area contributed by atoms with Crippen LogP contribution in [-0.4, -0.2) is 14.4 Å². The molecule has 0 aliphatic rings. The largest absolute Gasteiger partial charge is 0.284 e. The Balaban J connectivity index is 2.65. The molecule has 3 nitrogen and oxygen atoms in total. The van der Waals surface area contributed by atoms with Gasteiger partial charge in [0, 0.05) is 11.1 Å². The van der Waals surface area contributed by atoms with Gasteiger partial charge in [0.1, 0.15) is 11.5 Å². The van der Waals surface area contributed by atoms with Crippen molar-refractivity contribution in [2.24, 2.45) is 0 Å². The van der Waals surface area contributed by atoms with Gasteiger partial charge in [-0.3, -0.25) is 4.40 Å². The van der Waals surface area contributed by atoms with Crippen LogP contribution in [0.15, 0.2) is 24.3 Å². The molecule has 0 aliphatic heterocycles. The summed E-state index contributed by atoms with van der Waals surface area (Å²) < 4.78 is 2.12. The number of imidazole rings is 1. The average Bonchev–Trinajstić information content (AvgIpc) is 2.57. The molecule has 1 aromatic carbocycles. The highest BCUT2D eigenvalue weighted by Crippen LogP contribution is 2.21. The number of hydrogen-bond donors (Lipinski definition) is 0. The number of aromatic nitrogens is 3. The molecule has 0 saturated heterocycles. The Kier molecular flexibility index (Phi) is 1.78. The Hall–Kier alpha value is -1.90. The maximum Gasteiger partial charge on any atom is 0.148 e. The number of benzene rings is 1. The number of nitrogens with zero attached hydrogens (tertiary/aromatic N) is 3. The zero-order valence-corrected chi connectivity index (χ0v) is 9.65. The van der Waals surface area contributed by atoms with Crippen molar-refractivity contribution in [1.82, 2.24) is 14.4 Å². The van der Waals surface area contributed by atoms with Crippen molar-refractivity contribution in [3.8, 4) is 0 Å². The quantitative estimate of drug-likeness (QED) is 0.572. The lowest BCUT2D eigenvalue weighted by Gasteiger charge is -2.04. The smallest absolute Gasteiger partial charge is 0.148 e. The lowest BCUT2D eigenvalue weighted by Crippen LogP contribution is -1.98. The summed E-state index contributed by atoms with van der Waals surface area (Å²) in [5.74, 6) is 0.992. The average molecular weight is 211 g/mol. The Morgan fingerprint density at radius 2 is 1.75 bits per heavy atom. The standard InChI is InChI=1S/C13H13N3/c1-8-9(2)16-10(3)15-12-7-5-4-6-11(12)13(16)14-8/h4-7H,1-3H3. The lowest BCUT2D eigenvalue weighted by atomic mass is 10.2. The molecule has 0 fully saturated rings. The molecule has 0 bridgehead atoms. The molecule has 0 unspecified atom stereocenters. The van der Waals surface area contributed by atoms with Gasteiger partial charge in [-0.2, -0.15) is 0 Å². The Morgan fingerprint density at radius 1 is 1.00 bits per heavy atom. The van der Waals surface area contributed by atoms with Crippen LogP contribution in [0.25, 0.3) is 16.6 Å². The summed E-state index contributed by atoms with van der Waals surface area (Å²) in [5.41, 5.74) is 4.27. The van der Waals surface area contributed by atoms with Gasteiger partial charge in [0.25, 0.3) is 0 Å². The first-order chi connectivity index (χ1) is 7.68. The molecule has 0 N–H and O–H groups in total. The van der Waals surface area contributed by atoms with Crippen molar-refractivity contribution in [2.45, 2.75) is 20.8 Å². The van der Waals surface area contributed by atoms with Crippen molar-refractivity contribution >= 4 is 16.6 Å². The van der Waals surface area contributed by atoms with E-state index < -0.39 is 0 Å². The van der Waals surface area contributed by atoms with E-state index in [1.165, 1.54) is 5.69 Å². The van der Waals surface area contributed by atoms with Gasteiger partial charge in [-0.1, -0.05) is 12.1 Å². The molecule has 0 spiro atoms. The molecule has 3 rings (SSSR count). The molecule has 0 radical (unpaired) electrons. The van der Waals surface area contributed by atoms with Crippen LogP contribution in [0.5, 0.6) is 0 Å². The molecule has 0 atom stereocenters. The minimum absolute atomic E-state index is 0.992. The fraction of sp³-hybridized carbons (Fsp3) is 0.231. The second-order valence-corrected chi connectivity index (χ2v) is 4.12. The summed E-state index contributed by atoms with van der Waals surface area (Å²) in [6.07, 6.45) is 0. The van der Waals surface area contributed by atoms with Crippen LogP contribution < -0.4 is 0 Å². The van der Waals surface area contributed by atoms with Crippen LogP contribution in [-0.2, 0) is 0 Å². The first-order valence-electron chi connectivity index (χ1n) is 5.39. The molecule has 2 heterocycles. The van der Waals surface area contributed by atoms with Crippen LogP contribution in [0.3, 0.4) is 0 Å². The third kappa shape index (κ3) is 1.08. The van der Waals surface area contributed by atoms with Crippen molar-refractivity contribution in [3.05, 3.63) is 41.5 Å². The summed E-state index contributed by atoms with van der Waals surface area (Å²) >= 11 is 0. The second kappa shape index (κ2) is 3.04. The predicted molar refractivity (Wildman–Crippen MR) is 64.7 cm³/mol. The van der Waals surface area contributed by atoms with Gasteiger partial charge in [-0.05, 0) is 32.9 Å². The van der Waals surface area contributed by atoms with E-state index in [1.807, 2.05) is 32.0 Å². The van der Waals surface area contributed by atoms with Crippen molar-refractivity contribution < 1.29 is 0 Å². The Bertz CT molecular complexity index is 695. The molecular formula is C13H13N3. The normalized spacial score (nSPS) is 11.4. The minimum Gasteiger partial charge on any atom is -0.284 e. The molecule has 0 aliphatic carbocycles. The number of fused-ring (bicyclic) bond motifs is 3. The van der Waals surface area contributed by atoms with Gasteiger partial charge in [-0.25, -0.2) is 9.97 Å². The van der Waals surface area contributed by atoms with E-state index in [-0.39, 0.29) is 0 Å². The van der Waals surface area contributed by atoms with Gasteiger partial charge in [0.15, 0.2) is 0 Å². The monoisotopic (exact) mass is 211 g/mol. The van der Waals surface area contributed by atoms with Crippen LogP contribution in [0.2, 0.25) is 0 Å². The molecular weight excluding hydrogens is 198 g/mol. The van der Waals surface area contributed by atoms with E-state index in [0.29, 0.717) is 0 Å². The Morgan fingerprint density at radius 3 is 2.56 bits per heavy atom. The minimum atomic E-state index is 0.992.